The van der Waals surface area contributed by atoms with Crippen LogP contribution in [0.2, 0.25) is 0 Å². The molecule has 1 aliphatic rings. The van der Waals surface area contributed by atoms with E-state index in [0.29, 0.717) is 30.6 Å². The normalized spacial score (nSPS) is 14.5. The molecule has 7 heteroatoms. The molecule has 0 radical (unpaired) electrons. The van der Waals surface area contributed by atoms with Crippen LogP contribution in [0.3, 0.4) is 0 Å². The molecule has 0 saturated carbocycles. The molecule has 0 fully saturated rings. The van der Waals surface area contributed by atoms with Crippen molar-refractivity contribution in [3.63, 3.8) is 0 Å². The number of hydrogen-bond acceptors (Lipinski definition) is 3. The first-order valence-corrected chi connectivity index (χ1v) is 12.6. The Hall–Kier alpha value is -3.03. The number of nitrogens with zero attached hydrogens (tertiary/aromatic N) is 1. The van der Waals surface area contributed by atoms with Gasteiger partial charge < -0.3 is 4.90 Å². The summed E-state index contributed by atoms with van der Waals surface area (Å²) in [5.41, 5.74) is 3.08. The van der Waals surface area contributed by atoms with E-state index in [9.17, 15) is 17.6 Å². The zero-order valence-electron chi connectivity index (χ0n) is 18.5. The lowest BCUT2D eigenvalue weighted by atomic mass is 10.0. The Morgan fingerprint density at radius 3 is 2.52 bits per heavy atom. The standard InChI is InChI=1S/C26H27FN2O3S/c1-19(9-10-20-6-3-2-4-7-20)28-33(31,32)24-15-16-25-22(18-24)8-5-17-29(25)26(30)21-11-13-23(27)14-12-21/h2-4,6-7,11-16,18-19,28H,5,8-10,17H2,1H3/t19-/m0/s1. The van der Waals surface area contributed by atoms with Crippen molar-refractivity contribution in [1.29, 1.82) is 0 Å². The minimum Gasteiger partial charge on any atom is -0.308 e. The van der Waals surface area contributed by atoms with Gasteiger partial charge in [0.15, 0.2) is 0 Å². The Morgan fingerprint density at radius 2 is 1.79 bits per heavy atom. The molecule has 33 heavy (non-hydrogen) atoms. The van der Waals surface area contributed by atoms with E-state index in [4.69, 9.17) is 0 Å². The highest BCUT2D eigenvalue weighted by Crippen LogP contribution is 2.31. The van der Waals surface area contributed by atoms with Crippen LogP contribution >= 0.6 is 0 Å². The van der Waals surface area contributed by atoms with Gasteiger partial charge in [-0.15, -0.1) is 0 Å². The summed E-state index contributed by atoms with van der Waals surface area (Å²) in [6, 6.07) is 20.1. The number of fused-ring (bicyclic) bond motifs is 1. The Balaban J connectivity index is 1.48. The summed E-state index contributed by atoms with van der Waals surface area (Å²) in [5.74, 6) is -0.620. The predicted molar refractivity (Wildman–Crippen MR) is 127 cm³/mol. The number of anilines is 1. The van der Waals surface area contributed by atoms with Crippen molar-refractivity contribution in [2.24, 2.45) is 0 Å². The third-order valence-corrected chi connectivity index (χ3v) is 7.47. The summed E-state index contributed by atoms with van der Waals surface area (Å²) in [6.07, 6.45) is 2.89. The topological polar surface area (TPSA) is 66.5 Å². The van der Waals surface area contributed by atoms with Crippen molar-refractivity contribution < 1.29 is 17.6 Å². The van der Waals surface area contributed by atoms with Crippen molar-refractivity contribution in [2.45, 2.75) is 43.5 Å². The van der Waals surface area contributed by atoms with E-state index in [0.717, 1.165) is 18.4 Å². The Bertz CT molecular complexity index is 1230. The van der Waals surface area contributed by atoms with Crippen LogP contribution in [0.1, 0.15) is 41.3 Å². The largest absolute Gasteiger partial charge is 0.308 e. The average molecular weight is 467 g/mol. The third-order valence-electron chi connectivity index (χ3n) is 5.88. The highest BCUT2D eigenvalue weighted by Gasteiger charge is 2.26. The van der Waals surface area contributed by atoms with Crippen LogP contribution in [0.5, 0.6) is 0 Å². The van der Waals surface area contributed by atoms with E-state index < -0.39 is 15.8 Å². The first-order valence-electron chi connectivity index (χ1n) is 11.1. The fourth-order valence-corrected chi connectivity index (χ4v) is 5.45. The minimum absolute atomic E-state index is 0.198. The molecular weight excluding hydrogens is 439 g/mol. The van der Waals surface area contributed by atoms with Gasteiger partial charge >= 0.3 is 0 Å². The third kappa shape index (κ3) is 5.49. The van der Waals surface area contributed by atoms with Gasteiger partial charge in [-0.05, 0) is 86.2 Å². The lowest BCUT2D eigenvalue weighted by Crippen LogP contribution is -2.36. The summed E-state index contributed by atoms with van der Waals surface area (Å²) in [6.45, 7) is 2.39. The highest BCUT2D eigenvalue weighted by atomic mass is 32.2. The highest BCUT2D eigenvalue weighted by molar-refractivity contribution is 7.89. The van der Waals surface area contributed by atoms with Gasteiger partial charge in [-0.1, -0.05) is 30.3 Å². The molecule has 0 aliphatic carbocycles. The Morgan fingerprint density at radius 1 is 1.06 bits per heavy atom. The number of carbonyl (C=O) groups is 1. The van der Waals surface area contributed by atoms with Gasteiger partial charge in [0.25, 0.3) is 5.91 Å². The zero-order chi connectivity index (χ0) is 23.4. The number of hydrogen-bond donors (Lipinski definition) is 1. The van der Waals surface area contributed by atoms with E-state index in [-0.39, 0.29) is 16.8 Å². The minimum atomic E-state index is -3.69. The van der Waals surface area contributed by atoms with Crippen LogP contribution in [-0.4, -0.2) is 26.9 Å². The van der Waals surface area contributed by atoms with Gasteiger partial charge in [-0.3, -0.25) is 4.79 Å². The molecule has 3 aromatic carbocycles. The number of amides is 1. The molecule has 4 rings (SSSR count). The molecular formula is C26H27FN2O3S. The molecule has 0 saturated heterocycles. The maximum Gasteiger partial charge on any atom is 0.258 e. The van der Waals surface area contributed by atoms with Crippen molar-refractivity contribution in [1.82, 2.24) is 4.72 Å². The van der Waals surface area contributed by atoms with Crippen molar-refractivity contribution in [3.8, 4) is 0 Å². The molecule has 1 N–H and O–H groups in total. The molecule has 0 spiro atoms. The zero-order valence-corrected chi connectivity index (χ0v) is 19.3. The second-order valence-corrected chi connectivity index (χ2v) is 10.1. The Labute approximate surface area is 194 Å². The molecule has 3 aromatic rings. The second kappa shape index (κ2) is 9.85. The lowest BCUT2D eigenvalue weighted by molar-refractivity contribution is 0.0985. The predicted octanol–water partition coefficient (Wildman–Crippen LogP) is 4.72. The van der Waals surface area contributed by atoms with Gasteiger partial charge in [0.05, 0.1) is 4.90 Å². The molecule has 172 valence electrons. The van der Waals surface area contributed by atoms with Crippen LogP contribution in [0.15, 0.2) is 77.7 Å². The smallest absolute Gasteiger partial charge is 0.258 e. The average Bonchev–Trinajstić information content (AvgIpc) is 2.82. The van der Waals surface area contributed by atoms with E-state index >= 15 is 0 Å². The molecule has 1 amide bonds. The van der Waals surface area contributed by atoms with Crippen LogP contribution in [0.4, 0.5) is 10.1 Å². The first-order chi connectivity index (χ1) is 15.8. The molecule has 0 unspecified atom stereocenters. The SMILES string of the molecule is C[C@@H](CCc1ccccc1)NS(=O)(=O)c1ccc2c(c1)CCCN2C(=O)c1ccc(F)cc1. The van der Waals surface area contributed by atoms with Crippen LogP contribution in [-0.2, 0) is 22.9 Å². The summed E-state index contributed by atoms with van der Waals surface area (Å²) in [7, 11) is -3.69. The summed E-state index contributed by atoms with van der Waals surface area (Å²) in [4.78, 5) is 14.8. The number of rotatable bonds is 7. The molecule has 1 heterocycles. The van der Waals surface area contributed by atoms with Crippen LogP contribution < -0.4 is 9.62 Å². The monoisotopic (exact) mass is 466 g/mol. The fraction of sp³-hybridized carbons (Fsp3) is 0.269. The van der Waals surface area contributed by atoms with E-state index in [1.807, 2.05) is 37.3 Å². The summed E-state index contributed by atoms with van der Waals surface area (Å²) in [5, 5.41) is 0. The van der Waals surface area contributed by atoms with Crippen molar-refractivity contribution >= 4 is 21.6 Å². The van der Waals surface area contributed by atoms with Gasteiger partial charge in [-0.25, -0.2) is 17.5 Å². The van der Waals surface area contributed by atoms with Gasteiger partial charge in [0.2, 0.25) is 10.0 Å². The molecule has 0 aromatic heterocycles. The van der Waals surface area contributed by atoms with Gasteiger partial charge in [-0.2, -0.15) is 0 Å². The maximum atomic E-state index is 13.2. The lowest BCUT2D eigenvalue weighted by Gasteiger charge is -2.30. The summed E-state index contributed by atoms with van der Waals surface area (Å²) >= 11 is 0. The van der Waals surface area contributed by atoms with E-state index in [1.54, 1.807) is 23.1 Å². The van der Waals surface area contributed by atoms with Crippen LogP contribution in [0.25, 0.3) is 0 Å². The number of sulfonamides is 1. The number of carbonyl (C=O) groups excluding carboxylic acids is 1. The first kappa shape index (κ1) is 23.1. The Kier molecular flexibility index (Phi) is 6.91. The molecule has 0 bridgehead atoms. The number of aryl methyl sites for hydroxylation is 2. The maximum absolute atomic E-state index is 13.2. The second-order valence-electron chi connectivity index (χ2n) is 8.40. The number of halogens is 1. The quantitative estimate of drug-likeness (QED) is 0.548. The molecule has 1 aliphatic heterocycles. The van der Waals surface area contributed by atoms with Crippen molar-refractivity contribution in [3.05, 3.63) is 95.3 Å². The van der Waals surface area contributed by atoms with Gasteiger partial charge in [0.1, 0.15) is 5.82 Å². The van der Waals surface area contributed by atoms with Crippen LogP contribution in [0, 0.1) is 5.82 Å². The van der Waals surface area contributed by atoms with E-state index in [2.05, 4.69) is 4.72 Å². The molecule has 1 atom stereocenters. The van der Waals surface area contributed by atoms with Crippen molar-refractivity contribution in [2.75, 3.05) is 11.4 Å². The van der Waals surface area contributed by atoms with E-state index in [1.165, 1.54) is 29.8 Å². The fourth-order valence-electron chi connectivity index (χ4n) is 4.12. The number of nitrogens with one attached hydrogen (secondary N) is 1. The number of benzene rings is 3. The molecule has 5 nitrogen and oxygen atoms in total. The van der Waals surface area contributed by atoms with Gasteiger partial charge in [0, 0.05) is 23.8 Å². The summed E-state index contributed by atoms with van der Waals surface area (Å²) < 4.78 is 42.0.